The maximum Gasteiger partial charge on any atom is 0.244 e. The van der Waals surface area contributed by atoms with Crippen LogP contribution in [0.4, 0.5) is 10.1 Å². The van der Waals surface area contributed by atoms with Crippen LogP contribution < -0.4 is 9.62 Å². The molecule has 0 radical (unpaired) electrons. The van der Waals surface area contributed by atoms with Gasteiger partial charge in [-0.05, 0) is 74.6 Å². The number of sulfonamides is 1. The molecule has 2 amide bonds. The molecule has 0 aromatic heterocycles. The van der Waals surface area contributed by atoms with Gasteiger partial charge in [0.25, 0.3) is 0 Å². The van der Waals surface area contributed by atoms with Gasteiger partial charge in [-0.3, -0.25) is 13.9 Å². The first-order valence-corrected chi connectivity index (χ1v) is 13.7. The molecule has 0 unspecified atom stereocenters. The molecule has 9 heteroatoms. The lowest BCUT2D eigenvalue weighted by Gasteiger charge is -2.32. The molecule has 0 bridgehead atoms. The van der Waals surface area contributed by atoms with E-state index < -0.39 is 34.3 Å². The van der Waals surface area contributed by atoms with Crippen LogP contribution in [0, 0.1) is 19.7 Å². The number of anilines is 1. The Bertz CT molecular complexity index is 1140. The second kappa shape index (κ2) is 11.2. The topological polar surface area (TPSA) is 86.8 Å². The molecule has 1 fully saturated rings. The van der Waals surface area contributed by atoms with E-state index in [0.29, 0.717) is 11.3 Å². The minimum Gasteiger partial charge on any atom is -0.352 e. The molecule has 35 heavy (non-hydrogen) atoms. The number of nitrogens with zero attached hydrogens (tertiary/aromatic N) is 2. The van der Waals surface area contributed by atoms with Gasteiger partial charge >= 0.3 is 0 Å². The highest BCUT2D eigenvalue weighted by Gasteiger charge is 2.31. The van der Waals surface area contributed by atoms with Crippen LogP contribution in [0.2, 0.25) is 0 Å². The van der Waals surface area contributed by atoms with Gasteiger partial charge in [-0.1, -0.05) is 31.0 Å². The van der Waals surface area contributed by atoms with E-state index in [0.717, 1.165) is 47.4 Å². The molecule has 0 saturated heterocycles. The highest BCUT2D eigenvalue weighted by atomic mass is 32.2. The maximum absolute atomic E-state index is 13.6. The molecule has 1 aliphatic rings. The third-order valence-corrected chi connectivity index (χ3v) is 7.45. The Kier molecular flexibility index (Phi) is 8.53. The number of amides is 2. The molecular weight excluding hydrogens is 469 g/mol. The van der Waals surface area contributed by atoms with Crippen molar-refractivity contribution >= 4 is 27.5 Å². The van der Waals surface area contributed by atoms with Crippen LogP contribution in [0.3, 0.4) is 0 Å². The quantitative estimate of drug-likeness (QED) is 0.566. The molecule has 190 valence electrons. The summed E-state index contributed by atoms with van der Waals surface area (Å²) in [5, 5.41) is 3.01. The van der Waals surface area contributed by atoms with Crippen molar-refractivity contribution in [1.29, 1.82) is 0 Å². The molecule has 1 atom stereocenters. The Labute approximate surface area is 207 Å². The van der Waals surface area contributed by atoms with Gasteiger partial charge in [0.2, 0.25) is 21.8 Å². The molecule has 2 aromatic carbocycles. The number of carbonyl (C=O) groups excluding carboxylic acids is 2. The SMILES string of the molecule is Cc1cc(C)cc(N(CC(=O)N(Cc2ccc(F)cc2)[C@H](C)C(=O)NC2CCCC2)S(C)(=O)=O)c1. The first-order valence-electron chi connectivity index (χ1n) is 11.8. The van der Waals surface area contributed by atoms with Gasteiger partial charge in [-0.15, -0.1) is 0 Å². The van der Waals surface area contributed by atoms with Crippen LogP contribution in [-0.4, -0.2) is 50.0 Å². The van der Waals surface area contributed by atoms with Crippen LogP contribution in [0.25, 0.3) is 0 Å². The summed E-state index contributed by atoms with van der Waals surface area (Å²) >= 11 is 0. The smallest absolute Gasteiger partial charge is 0.244 e. The molecule has 2 aromatic rings. The summed E-state index contributed by atoms with van der Waals surface area (Å²) in [6, 6.07) is 10.3. The Morgan fingerprint density at radius 3 is 2.17 bits per heavy atom. The molecule has 1 saturated carbocycles. The number of carbonyl (C=O) groups is 2. The number of benzene rings is 2. The van der Waals surface area contributed by atoms with Crippen molar-refractivity contribution in [3.05, 3.63) is 65.0 Å². The molecular formula is C26H34FN3O4S. The molecule has 1 N–H and O–H groups in total. The van der Waals surface area contributed by atoms with Crippen molar-refractivity contribution in [2.45, 2.75) is 65.1 Å². The number of aryl methyl sites for hydroxylation is 2. The minimum absolute atomic E-state index is 0.0445. The Morgan fingerprint density at radius 2 is 1.63 bits per heavy atom. The largest absolute Gasteiger partial charge is 0.352 e. The fourth-order valence-electron chi connectivity index (χ4n) is 4.47. The van der Waals surface area contributed by atoms with Crippen LogP contribution in [0.15, 0.2) is 42.5 Å². The molecule has 1 aliphatic carbocycles. The number of halogens is 1. The Hall–Kier alpha value is -2.94. The minimum atomic E-state index is -3.79. The van der Waals surface area contributed by atoms with Crippen LogP contribution in [0.5, 0.6) is 0 Å². The lowest BCUT2D eigenvalue weighted by Crippen LogP contribution is -2.52. The summed E-state index contributed by atoms with van der Waals surface area (Å²) in [6.07, 6.45) is 4.96. The van der Waals surface area contributed by atoms with E-state index in [1.807, 2.05) is 19.9 Å². The first-order chi connectivity index (χ1) is 16.4. The zero-order chi connectivity index (χ0) is 25.8. The van der Waals surface area contributed by atoms with Gasteiger partial charge in [0.1, 0.15) is 18.4 Å². The molecule has 0 spiro atoms. The van der Waals surface area contributed by atoms with E-state index in [2.05, 4.69) is 5.32 Å². The van der Waals surface area contributed by atoms with Crippen molar-refractivity contribution in [3.8, 4) is 0 Å². The van der Waals surface area contributed by atoms with Crippen LogP contribution >= 0.6 is 0 Å². The number of nitrogens with one attached hydrogen (secondary N) is 1. The number of hydrogen-bond acceptors (Lipinski definition) is 4. The highest BCUT2D eigenvalue weighted by molar-refractivity contribution is 7.92. The van der Waals surface area contributed by atoms with E-state index in [1.54, 1.807) is 31.2 Å². The Morgan fingerprint density at radius 1 is 1.06 bits per heavy atom. The van der Waals surface area contributed by atoms with E-state index in [1.165, 1.54) is 17.0 Å². The van der Waals surface area contributed by atoms with Crippen LogP contribution in [0.1, 0.15) is 49.3 Å². The predicted octanol–water partition coefficient (Wildman–Crippen LogP) is 3.68. The maximum atomic E-state index is 13.6. The monoisotopic (exact) mass is 503 g/mol. The summed E-state index contributed by atoms with van der Waals surface area (Å²) in [6.45, 7) is 4.93. The average molecular weight is 504 g/mol. The average Bonchev–Trinajstić information content (AvgIpc) is 3.28. The van der Waals surface area contributed by atoms with Gasteiger partial charge in [-0.2, -0.15) is 0 Å². The highest BCUT2D eigenvalue weighted by Crippen LogP contribution is 2.23. The number of hydrogen-bond donors (Lipinski definition) is 1. The summed E-state index contributed by atoms with van der Waals surface area (Å²) < 4.78 is 39.9. The molecule has 0 heterocycles. The van der Waals surface area contributed by atoms with Crippen molar-refractivity contribution < 1.29 is 22.4 Å². The third kappa shape index (κ3) is 7.27. The Balaban J connectivity index is 1.89. The zero-order valence-electron chi connectivity index (χ0n) is 20.8. The van der Waals surface area contributed by atoms with Crippen molar-refractivity contribution in [2.24, 2.45) is 0 Å². The lowest BCUT2D eigenvalue weighted by atomic mass is 10.1. The van der Waals surface area contributed by atoms with E-state index in [-0.39, 0.29) is 18.5 Å². The van der Waals surface area contributed by atoms with Gasteiger partial charge in [-0.25, -0.2) is 12.8 Å². The molecule has 0 aliphatic heterocycles. The first kappa shape index (κ1) is 26.7. The van der Waals surface area contributed by atoms with E-state index in [4.69, 9.17) is 0 Å². The summed E-state index contributed by atoms with van der Waals surface area (Å²) in [7, 11) is -3.79. The van der Waals surface area contributed by atoms with Gasteiger partial charge in [0.05, 0.1) is 11.9 Å². The van der Waals surface area contributed by atoms with E-state index >= 15 is 0 Å². The van der Waals surface area contributed by atoms with E-state index in [9.17, 15) is 22.4 Å². The van der Waals surface area contributed by atoms with Crippen molar-refractivity contribution in [3.63, 3.8) is 0 Å². The normalized spacial score (nSPS) is 15.0. The number of rotatable bonds is 9. The standard InChI is InChI=1S/C26H34FN3O4S/c1-18-13-19(2)15-24(14-18)30(35(4,33)34)17-25(31)29(16-21-9-11-22(27)12-10-21)20(3)26(32)28-23-7-5-6-8-23/h9-15,20,23H,5-8,16-17H2,1-4H3,(H,28,32)/t20-/m1/s1. The third-order valence-electron chi connectivity index (χ3n) is 6.31. The summed E-state index contributed by atoms with van der Waals surface area (Å²) in [4.78, 5) is 28.0. The fourth-order valence-corrected chi connectivity index (χ4v) is 5.30. The second-order valence-electron chi connectivity index (χ2n) is 9.43. The predicted molar refractivity (Wildman–Crippen MR) is 135 cm³/mol. The lowest BCUT2D eigenvalue weighted by molar-refractivity contribution is -0.139. The van der Waals surface area contributed by atoms with Gasteiger partial charge < -0.3 is 10.2 Å². The summed E-state index contributed by atoms with van der Waals surface area (Å²) in [5.74, 6) is -1.21. The molecule has 3 rings (SSSR count). The van der Waals surface area contributed by atoms with Gasteiger partial charge in [0, 0.05) is 12.6 Å². The second-order valence-corrected chi connectivity index (χ2v) is 11.3. The van der Waals surface area contributed by atoms with Crippen molar-refractivity contribution in [2.75, 3.05) is 17.1 Å². The van der Waals surface area contributed by atoms with Gasteiger partial charge in [0.15, 0.2) is 0 Å². The van der Waals surface area contributed by atoms with Crippen LogP contribution in [-0.2, 0) is 26.2 Å². The van der Waals surface area contributed by atoms with Crippen molar-refractivity contribution in [1.82, 2.24) is 10.2 Å². The summed E-state index contributed by atoms with van der Waals surface area (Å²) in [5.41, 5.74) is 2.77. The fraction of sp³-hybridized carbons (Fsp3) is 0.462. The molecule has 7 nitrogen and oxygen atoms in total. The zero-order valence-corrected chi connectivity index (χ0v) is 21.6.